The molecule has 0 bridgehead atoms. The summed E-state index contributed by atoms with van der Waals surface area (Å²) in [6.07, 6.45) is 0. The Balaban J connectivity index is 1.37. The zero-order valence-corrected chi connectivity index (χ0v) is 18.1. The normalized spacial score (nSPS) is 12.3. The zero-order chi connectivity index (χ0) is 20.6. The van der Waals surface area contributed by atoms with Crippen LogP contribution in [0.5, 0.6) is 0 Å². The first-order valence-corrected chi connectivity index (χ1v) is 11.7. The highest BCUT2D eigenvalue weighted by Gasteiger charge is 2.24. The lowest BCUT2D eigenvalue weighted by molar-refractivity contribution is 1.10. The van der Waals surface area contributed by atoms with Crippen LogP contribution in [-0.2, 0) is 0 Å². The number of anilines is 3. The van der Waals surface area contributed by atoms with Gasteiger partial charge in [0.15, 0.2) is 0 Å². The molecule has 0 N–H and O–H groups in total. The Hall–Kier alpha value is -3.41. The first kappa shape index (κ1) is 18.4. The quantitative estimate of drug-likeness (QED) is 0.283. The molecule has 148 valence electrons. The van der Waals surface area contributed by atoms with E-state index in [1.165, 1.54) is 21.2 Å². The van der Waals surface area contributed by atoms with Crippen molar-refractivity contribution in [1.29, 1.82) is 0 Å². The van der Waals surface area contributed by atoms with Gasteiger partial charge in [0.25, 0.3) is 0 Å². The topological polar surface area (TPSA) is 29.0 Å². The number of hydrogen-bond acceptors (Lipinski definition) is 5. The van der Waals surface area contributed by atoms with E-state index in [-0.39, 0.29) is 0 Å². The summed E-state index contributed by atoms with van der Waals surface area (Å²) < 4.78 is 0. The SMILES string of the molecule is c1ccc(-c2nnc(-c3ccc(N4c5ccccc5Sc5ccccc54)cc3)s2)cc1. The molecule has 0 fully saturated rings. The smallest absolute Gasteiger partial charge is 0.148 e. The molecule has 1 aliphatic rings. The molecule has 1 aliphatic heterocycles. The second-order valence-corrected chi connectivity index (χ2v) is 9.26. The van der Waals surface area contributed by atoms with Crippen molar-refractivity contribution in [3.05, 3.63) is 103 Å². The number of rotatable bonds is 3. The van der Waals surface area contributed by atoms with E-state index in [1.807, 2.05) is 30.0 Å². The van der Waals surface area contributed by atoms with Crippen molar-refractivity contribution in [1.82, 2.24) is 10.2 Å². The molecule has 4 aromatic carbocycles. The first-order valence-electron chi connectivity index (χ1n) is 10.0. The van der Waals surface area contributed by atoms with Gasteiger partial charge in [-0.2, -0.15) is 0 Å². The Morgan fingerprint density at radius 2 is 1.03 bits per heavy atom. The van der Waals surface area contributed by atoms with E-state index in [0.29, 0.717) is 0 Å². The Bertz CT molecular complexity index is 1320. The van der Waals surface area contributed by atoms with Crippen LogP contribution < -0.4 is 4.90 Å². The van der Waals surface area contributed by atoms with Crippen molar-refractivity contribution in [2.45, 2.75) is 9.79 Å². The van der Waals surface area contributed by atoms with Crippen molar-refractivity contribution >= 4 is 40.2 Å². The van der Waals surface area contributed by atoms with E-state index >= 15 is 0 Å². The van der Waals surface area contributed by atoms with Crippen molar-refractivity contribution < 1.29 is 0 Å². The van der Waals surface area contributed by atoms with Crippen LogP contribution in [0.15, 0.2) is 113 Å². The fraction of sp³-hybridized carbons (Fsp3) is 0. The maximum Gasteiger partial charge on any atom is 0.148 e. The van der Waals surface area contributed by atoms with Gasteiger partial charge in [-0.05, 0) is 48.5 Å². The molecule has 0 spiro atoms. The molecule has 0 saturated carbocycles. The summed E-state index contributed by atoms with van der Waals surface area (Å²) in [7, 11) is 0. The minimum Gasteiger partial charge on any atom is -0.308 e. The van der Waals surface area contributed by atoms with Gasteiger partial charge in [-0.1, -0.05) is 77.7 Å². The molecule has 2 heterocycles. The summed E-state index contributed by atoms with van der Waals surface area (Å²) in [5, 5.41) is 10.7. The highest BCUT2D eigenvalue weighted by Crippen LogP contribution is 2.51. The molecule has 0 aliphatic carbocycles. The van der Waals surface area contributed by atoms with E-state index in [0.717, 1.165) is 26.8 Å². The van der Waals surface area contributed by atoms with Crippen LogP contribution in [0.1, 0.15) is 0 Å². The van der Waals surface area contributed by atoms with Crippen molar-refractivity contribution in [2.75, 3.05) is 4.90 Å². The summed E-state index contributed by atoms with van der Waals surface area (Å²) in [5.74, 6) is 0. The van der Waals surface area contributed by atoms with Gasteiger partial charge in [0, 0.05) is 26.6 Å². The van der Waals surface area contributed by atoms with Crippen LogP contribution in [0.2, 0.25) is 0 Å². The molecule has 3 nitrogen and oxygen atoms in total. The first-order chi connectivity index (χ1) is 15.4. The molecule has 0 saturated heterocycles. The van der Waals surface area contributed by atoms with Gasteiger partial charge in [-0.3, -0.25) is 0 Å². The summed E-state index contributed by atoms with van der Waals surface area (Å²) >= 11 is 3.44. The molecule has 1 aromatic heterocycles. The minimum absolute atomic E-state index is 0.931. The summed E-state index contributed by atoms with van der Waals surface area (Å²) in [4.78, 5) is 4.87. The van der Waals surface area contributed by atoms with Gasteiger partial charge >= 0.3 is 0 Å². The fourth-order valence-corrected chi connectivity index (χ4v) is 5.69. The van der Waals surface area contributed by atoms with Crippen LogP contribution >= 0.6 is 23.1 Å². The number of benzene rings is 4. The number of para-hydroxylation sites is 2. The van der Waals surface area contributed by atoms with Crippen LogP contribution in [-0.4, -0.2) is 10.2 Å². The highest BCUT2D eigenvalue weighted by molar-refractivity contribution is 7.99. The lowest BCUT2D eigenvalue weighted by Gasteiger charge is -2.32. The standard InChI is InChI=1S/C26H17N3S2/c1-2-8-18(9-3-1)25-27-28-26(31-25)19-14-16-20(17-15-19)29-21-10-4-6-12-23(21)30-24-13-7-5-11-22(24)29/h1-17H. The molecule has 31 heavy (non-hydrogen) atoms. The largest absolute Gasteiger partial charge is 0.308 e. The fourth-order valence-electron chi connectivity index (χ4n) is 3.77. The van der Waals surface area contributed by atoms with Gasteiger partial charge in [-0.15, -0.1) is 10.2 Å². The van der Waals surface area contributed by atoms with Crippen molar-refractivity contribution in [2.24, 2.45) is 0 Å². The predicted octanol–water partition coefficient (Wildman–Crippen LogP) is 7.81. The van der Waals surface area contributed by atoms with Crippen molar-refractivity contribution in [3.63, 3.8) is 0 Å². The molecule has 5 heteroatoms. The Morgan fingerprint density at radius 3 is 1.65 bits per heavy atom. The molecule has 0 radical (unpaired) electrons. The van der Waals surface area contributed by atoms with Gasteiger partial charge in [0.2, 0.25) is 0 Å². The van der Waals surface area contributed by atoms with Crippen LogP contribution in [0, 0.1) is 0 Å². The van der Waals surface area contributed by atoms with Gasteiger partial charge in [-0.25, -0.2) is 0 Å². The Morgan fingerprint density at radius 1 is 0.516 bits per heavy atom. The average Bonchev–Trinajstić information content (AvgIpc) is 3.34. The van der Waals surface area contributed by atoms with Gasteiger partial charge in [0.05, 0.1) is 11.4 Å². The number of aromatic nitrogens is 2. The predicted molar refractivity (Wildman–Crippen MR) is 130 cm³/mol. The number of fused-ring (bicyclic) bond motifs is 2. The second-order valence-electron chi connectivity index (χ2n) is 7.20. The molecular weight excluding hydrogens is 418 g/mol. The number of hydrogen-bond donors (Lipinski definition) is 0. The monoisotopic (exact) mass is 435 g/mol. The van der Waals surface area contributed by atoms with E-state index in [2.05, 4.69) is 100 Å². The molecule has 6 rings (SSSR count). The third kappa shape index (κ3) is 3.32. The van der Waals surface area contributed by atoms with E-state index in [4.69, 9.17) is 0 Å². The van der Waals surface area contributed by atoms with Gasteiger partial charge in [0.1, 0.15) is 10.0 Å². The van der Waals surface area contributed by atoms with E-state index in [9.17, 15) is 0 Å². The summed E-state index contributed by atoms with van der Waals surface area (Å²) in [5.41, 5.74) is 5.73. The maximum atomic E-state index is 4.43. The van der Waals surface area contributed by atoms with Crippen molar-refractivity contribution in [3.8, 4) is 21.1 Å². The average molecular weight is 436 g/mol. The third-order valence-electron chi connectivity index (χ3n) is 5.25. The van der Waals surface area contributed by atoms with E-state index < -0.39 is 0 Å². The zero-order valence-electron chi connectivity index (χ0n) is 16.5. The van der Waals surface area contributed by atoms with Crippen LogP contribution in [0.4, 0.5) is 17.1 Å². The molecule has 0 atom stereocenters. The Kier molecular flexibility index (Phi) is 4.55. The Labute approximate surface area is 189 Å². The number of nitrogens with zero attached hydrogens (tertiary/aromatic N) is 3. The maximum absolute atomic E-state index is 4.43. The molecular formula is C26H17N3S2. The van der Waals surface area contributed by atoms with Gasteiger partial charge < -0.3 is 4.90 Å². The molecule has 0 unspecified atom stereocenters. The lowest BCUT2D eigenvalue weighted by atomic mass is 10.1. The summed E-state index contributed by atoms with van der Waals surface area (Å²) in [6.45, 7) is 0. The third-order valence-corrected chi connectivity index (χ3v) is 7.40. The molecule has 5 aromatic rings. The summed E-state index contributed by atoms with van der Waals surface area (Å²) in [6, 6.07) is 35.9. The lowest BCUT2D eigenvalue weighted by Crippen LogP contribution is -2.14. The highest BCUT2D eigenvalue weighted by atomic mass is 32.2. The second kappa shape index (κ2) is 7.69. The van der Waals surface area contributed by atoms with Crippen LogP contribution in [0.3, 0.4) is 0 Å². The van der Waals surface area contributed by atoms with Crippen LogP contribution in [0.25, 0.3) is 21.1 Å². The molecule has 0 amide bonds. The minimum atomic E-state index is 0.931. The van der Waals surface area contributed by atoms with E-state index in [1.54, 1.807) is 11.3 Å².